The first-order valence-corrected chi connectivity index (χ1v) is 8.52. The van der Waals surface area contributed by atoms with Gasteiger partial charge in [0.15, 0.2) is 11.5 Å². The monoisotopic (exact) mass is 384 g/mol. The Morgan fingerprint density at radius 1 is 1.04 bits per heavy atom. The van der Waals surface area contributed by atoms with Crippen LogP contribution in [0.15, 0.2) is 71.3 Å². The largest absolute Gasteiger partial charge is 0.459 e. The Labute approximate surface area is 161 Å². The summed E-state index contributed by atoms with van der Waals surface area (Å²) in [6.45, 7) is -0.139. The number of benzene rings is 2. The number of para-hydroxylation sites is 3. The molecule has 1 aromatic heterocycles. The Bertz CT molecular complexity index is 941. The number of likely N-dealkylation sites (N-methyl/N-ethyl adjacent to an activating group) is 1. The van der Waals surface area contributed by atoms with Crippen LogP contribution < -0.4 is 10.1 Å². The minimum Gasteiger partial charge on any atom is -0.459 e. The van der Waals surface area contributed by atoms with E-state index in [4.69, 9.17) is 20.8 Å². The number of anilines is 1. The van der Waals surface area contributed by atoms with E-state index in [1.165, 1.54) is 18.2 Å². The van der Waals surface area contributed by atoms with Gasteiger partial charge in [0.05, 0.1) is 23.5 Å². The van der Waals surface area contributed by atoms with Crippen LogP contribution in [0, 0.1) is 0 Å². The molecule has 0 atom stereocenters. The van der Waals surface area contributed by atoms with Crippen molar-refractivity contribution in [1.29, 1.82) is 0 Å². The molecule has 0 unspecified atom stereocenters. The zero-order valence-corrected chi connectivity index (χ0v) is 15.3. The normalized spacial score (nSPS) is 10.3. The molecular weight excluding hydrogens is 368 g/mol. The maximum Gasteiger partial charge on any atom is 0.289 e. The summed E-state index contributed by atoms with van der Waals surface area (Å²) in [7, 11) is 1.52. The molecule has 0 saturated carbocycles. The van der Waals surface area contributed by atoms with Crippen molar-refractivity contribution in [3.63, 3.8) is 0 Å². The number of ether oxygens (including phenoxy) is 1. The van der Waals surface area contributed by atoms with Gasteiger partial charge in [0.1, 0.15) is 5.75 Å². The molecular formula is C20H17ClN2O4. The van der Waals surface area contributed by atoms with E-state index in [-0.39, 0.29) is 24.1 Å². The van der Waals surface area contributed by atoms with Crippen molar-refractivity contribution < 1.29 is 18.7 Å². The van der Waals surface area contributed by atoms with Gasteiger partial charge in [0, 0.05) is 7.05 Å². The topological polar surface area (TPSA) is 71.8 Å². The lowest BCUT2D eigenvalue weighted by Gasteiger charge is -2.17. The van der Waals surface area contributed by atoms with Crippen molar-refractivity contribution in [1.82, 2.24) is 4.90 Å². The number of carbonyl (C=O) groups excluding carboxylic acids is 2. The third-order valence-corrected chi connectivity index (χ3v) is 3.99. The van der Waals surface area contributed by atoms with Gasteiger partial charge in [-0.3, -0.25) is 9.59 Å². The summed E-state index contributed by atoms with van der Waals surface area (Å²) in [5.74, 6) is 0.348. The van der Waals surface area contributed by atoms with Crippen molar-refractivity contribution in [2.75, 3.05) is 18.9 Å². The standard InChI is InChI=1S/C20H17ClN2O4/c1-23(20(25)18-11-6-12-26-18)13-19(24)22-15-8-3-5-10-17(15)27-16-9-4-2-7-14(16)21/h2-12H,13H2,1H3,(H,22,24). The van der Waals surface area contributed by atoms with E-state index in [0.717, 1.165) is 0 Å². The van der Waals surface area contributed by atoms with Gasteiger partial charge >= 0.3 is 0 Å². The number of furan rings is 1. The summed E-state index contributed by atoms with van der Waals surface area (Å²) >= 11 is 6.12. The molecule has 2 amide bonds. The van der Waals surface area contributed by atoms with E-state index >= 15 is 0 Å². The highest BCUT2D eigenvalue weighted by Crippen LogP contribution is 2.33. The van der Waals surface area contributed by atoms with Crippen molar-refractivity contribution in [2.45, 2.75) is 0 Å². The Morgan fingerprint density at radius 2 is 1.74 bits per heavy atom. The van der Waals surface area contributed by atoms with Crippen molar-refractivity contribution in [3.05, 3.63) is 77.7 Å². The van der Waals surface area contributed by atoms with Gasteiger partial charge in [-0.15, -0.1) is 0 Å². The summed E-state index contributed by atoms with van der Waals surface area (Å²) < 4.78 is 10.9. The number of nitrogens with zero attached hydrogens (tertiary/aromatic N) is 1. The van der Waals surface area contributed by atoms with Crippen LogP contribution in [0.2, 0.25) is 5.02 Å². The average Bonchev–Trinajstić information content (AvgIpc) is 3.19. The molecule has 1 heterocycles. The fraction of sp³-hybridized carbons (Fsp3) is 0.100. The summed E-state index contributed by atoms with van der Waals surface area (Å²) in [5, 5.41) is 3.21. The fourth-order valence-electron chi connectivity index (χ4n) is 2.37. The van der Waals surface area contributed by atoms with Crippen LogP contribution in [0.5, 0.6) is 11.5 Å². The SMILES string of the molecule is CN(CC(=O)Nc1ccccc1Oc1ccccc1Cl)C(=O)c1ccco1. The van der Waals surface area contributed by atoms with Crippen LogP contribution in [0.25, 0.3) is 0 Å². The lowest BCUT2D eigenvalue weighted by atomic mass is 10.2. The molecule has 0 saturated heterocycles. The molecule has 7 heteroatoms. The van der Waals surface area contributed by atoms with Gasteiger partial charge < -0.3 is 19.4 Å². The molecule has 27 heavy (non-hydrogen) atoms. The molecule has 0 fully saturated rings. The Kier molecular flexibility index (Phi) is 5.78. The third kappa shape index (κ3) is 4.68. The smallest absolute Gasteiger partial charge is 0.289 e. The molecule has 6 nitrogen and oxygen atoms in total. The lowest BCUT2D eigenvalue weighted by Crippen LogP contribution is -2.34. The minimum atomic E-state index is -0.379. The van der Waals surface area contributed by atoms with Crippen molar-refractivity contribution in [3.8, 4) is 11.5 Å². The van der Waals surface area contributed by atoms with Gasteiger partial charge in [0.25, 0.3) is 5.91 Å². The first-order valence-electron chi connectivity index (χ1n) is 8.15. The maximum atomic E-state index is 12.4. The number of hydrogen-bond acceptors (Lipinski definition) is 4. The summed E-state index contributed by atoms with van der Waals surface area (Å²) in [6, 6.07) is 17.2. The first kappa shape index (κ1) is 18.5. The quantitative estimate of drug-likeness (QED) is 0.682. The van der Waals surface area contributed by atoms with Gasteiger partial charge in [-0.25, -0.2) is 0 Å². The van der Waals surface area contributed by atoms with Gasteiger partial charge in [0.2, 0.25) is 5.91 Å². The van der Waals surface area contributed by atoms with E-state index in [9.17, 15) is 9.59 Å². The molecule has 2 aromatic carbocycles. The van der Waals surface area contributed by atoms with Crippen LogP contribution in [0.1, 0.15) is 10.6 Å². The van der Waals surface area contributed by atoms with Crippen LogP contribution in [-0.4, -0.2) is 30.3 Å². The fourth-order valence-corrected chi connectivity index (χ4v) is 2.54. The highest BCUT2D eigenvalue weighted by atomic mass is 35.5. The number of rotatable bonds is 6. The Morgan fingerprint density at radius 3 is 2.44 bits per heavy atom. The predicted octanol–water partition coefficient (Wildman–Crippen LogP) is 4.44. The number of hydrogen-bond donors (Lipinski definition) is 1. The molecule has 3 rings (SSSR count). The maximum absolute atomic E-state index is 12.4. The third-order valence-electron chi connectivity index (χ3n) is 3.68. The van der Waals surface area contributed by atoms with Crippen LogP contribution in [0.4, 0.5) is 5.69 Å². The highest BCUT2D eigenvalue weighted by Gasteiger charge is 2.18. The molecule has 138 valence electrons. The second kappa shape index (κ2) is 8.42. The molecule has 0 aliphatic rings. The number of nitrogens with one attached hydrogen (secondary N) is 1. The van der Waals surface area contributed by atoms with Crippen molar-refractivity contribution in [2.24, 2.45) is 0 Å². The zero-order valence-electron chi connectivity index (χ0n) is 14.5. The number of halogens is 1. The summed E-state index contributed by atoms with van der Waals surface area (Å²) in [4.78, 5) is 25.8. The number of carbonyl (C=O) groups is 2. The molecule has 1 N–H and O–H groups in total. The first-order chi connectivity index (χ1) is 13.0. The molecule has 0 aliphatic carbocycles. The van der Waals surface area contributed by atoms with Gasteiger partial charge in [-0.2, -0.15) is 0 Å². The van der Waals surface area contributed by atoms with E-state index < -0.39 is 0 Å². The van der Waals surface area contributed by atoms with Crippen LogP contribution in [-0.2, 0) is 4.79 Å². The van der Waals surface area contributed by atoms with Crippen molar-refractivity contribution >= 4 is 29.1 Å². The Balaban J connectivity index is 1.68. The zero-order chi connectivity index (χ0) is 19.2. The highest BCUT2D eigenvalue weighted by molar-refractivity contribution is 6.32. The van der Waals surface area contributed by atoms with Gasteiger partial charge in [-0.05, 0) is 36.4 Å². The average molecular weight is 385 g/mol. The summed E-state index contributed by atoms with van der Waals surface area (Å²) in [5.41, 5.74) is 0.473. The summed E-state index contributed by atoms with van der Waals surface area (Å²) in [6.07, 6.45) is 1.41. The molecule has 0 spiro atoms. The Hall–Kier alpha value is -3.25. The van der Waals surface area contributed by atoms with Crippen LogP contribution >= 0.6 is 11.6 Å². The molecule has 0 aliphatic heterocycles. The second-order valence-electron chi connectivity index (χ2n) is 5.72. The predicted molar refractivity (Wildman–Crippen MR) is 102 cm³/mol. The molecule has 3 aromatic rings. The van der Waals surface area contributed by atoms with Crippen LogP contribution in [0.3, 0.4) is 0 Å². The molecule has 0 radical (unpaired) electrons. The van der Waals surface area contributed by atoms with E-state index in [1.807, 2.05) is 0 Å². The minimum absolute atomic E-state index is 0.139. The lowest BCUT2D eigenvalue weighted by molar-refractivity contribution is -0.116. The second-order valence-corrected chi connectivity index (χ2v) is 6.12. The molecule has 0 bridgehead atoms. The number of amides is 2. The van der Waals surface area contributed by atoms with E-state index in [1.54, 1.807) is 60.7 Å². The van der Waals surface area contributed by atoms with E-state index in [2.05, 4.69) is 5.32 Å². The van der Waals surface area contributed by atoms with Gasteiger partial charge in [-0.1, -0.05) is 35.9 Å². The van der Waals surface area contributed by atoms with E-state index in [0.29, 0.717) is 22.2 Å².